The smallest absolute Gasteiger partial charge is 0.340 e. The first-order valence-electron chi connectivity index (χ1n) is 11.7. The van der Waals surface area contributed by atoms with Gasteiger partial charge in [0.25, 0.3) is 0 Å². The second kappa shape index (κ2) is 7.13. The lowest BCUT2D eigenvalue weighted by Gasteiger charge is -2.52. The highest BCUT2D eigenvalue weighted by Gasteiger charge is 2.66. The highest BCUT2D eigenvalue weighted by atomic mass is 16.5. The summed E-state index contributed by atoms with van der Waals surface area (Å²) >= 11 is 0. The van der Waals surface area contributed by atoms with Gasteiger partial charge in [-0.05, 0) is 48.2 Å². The summed E-state index contributed by atoms with van der Waals surface area (Å²) in [6, 6.07) is 23.1. The average molecular weight is 452 g/mol. The van der Waals surface area contributed by atoms with E-state index in [0.29, 0.717) is 5.69 Å². The van der Waals surface area contributed by atoms with Crippen molar-refractivity contribution in [2.24, 2.45) is 11.8 Å². The zero-order chi connectivity index (χ0) is 23.8. The number of esters is 1. The summed E-state index contributed by atoms with van der Waals surface area (Å²) in [5, 5.41) is 0. The standard InChI is InChI=1S/C29H25NO4/c1-16(2)34-28(33)19-12-6-9-15-22(19)30-26(31)24-23-17-10-4-7-13-20(17)29(3,25(24)27(30)32)21-14-8-5-11-18(21)23/h4-16,23-25H,1-3H3/t23?,24-,25+,29?/m0/s1. The van der Waals surface area contributed by atoms with Crippen molar-refractivity contribution in [2.75, 3.05) is 4.90 Å². The Bertz CT molecular complexity index is 1330. The van der Waals surface area contributed by atoms with Crippen LogP contribution in [0.5, 0.6) is 0 Å². The van der Waals surface area contributed by atoms with Crippen LogP contribution < -0.4 is 4.90 Å². The summed E-state index contributed by atoms with van der Waals surface area (Å²) < 4.78 is 5.41. The molecule has 5 heteroatoms. The Labute approximate surface area is 198 Å². The molecular weight excluding hydrogens is 426 g/mol. The molecule has 7 rings (SSSR count). The van der Waals surface area contributed by atoms with Crippen molar-refractivity contribution in [3.63, 3.8) is 0 Å². The highest BCUT2D eigenvalue weighted by Crippen LogP contribution is 2.64. The van der Waals surface area contributed by atoms with E-state index in [-0.39, 0.29) is 29.4 Å². The van der Waals surface area contributed by atoms with E-state index in [0.717, 1.165) is 22.3 Å². The average Bonchev–Trinajstić information content (AvgIpc) is 3.10. The van der Waals surface area contributed by atoms with Gasteiger partial charge in [-0.3, -0.25) is 9.59 Å². The maximum atomic E-state index is 14.1. The van der Waals surface area contributed by atoms with Crippen LogP contribution in [0.2, 0.25) is 0 Å². The second-order valence-corrected chi connectivity index (χ2v) is 9.84. The predicted molar refractivity (Wildman–Crippen MR) is 128 cm³/mol. The van der Waals surface area contributed by atoms with E-state index in [1.165, 1.54) is 4.90 Å². The monoisotopic (exact) mass is 451 g/mol. The minimum absolute atomic E-state index is 0.199. The molecule has 1 heterocycles. The molecule has 1 aliphatic heterocycles. The topological polar surface area (TPSA) is 63.7 Å². The van der Waals surface area contributed by atoms with Crippen LogP contribution in [-0.2, 0) is 19.7 Å². The number of hydrogen-bond acceptors (Lipinski definition) is 4. The number of carbonyl (C=O) groups is 3. The summed E-state index contributed by atoms with van der Waals surface area (Å²) in [7, 11) is 0. The Morgan fingerprint density at radius 3 is 2.03 bits per heavy atom. The lowest BCUT2D eigenvalue weighted by Crippen LogP contribution is -2.51. The molecule has 0 aromatic heterocycles. The third-order valence-electron chi connectivity index (χ3n) is 7.75. The molecule has 170 valence electrons. The fraction of sp³-hybridized carbons (Fsp3) is 0.276. The van der Waals surface area contributed by atoms with Crippen LogP contribution >= 0.6 is 0 Å². The minimum atomic E-state index is -0.637. The van der Waals surface area contributed by atoms with Gasteiger partial charge in [-0.15, -0.1) is 0 Å². The normalized spacial score (nSPS) is 26.4. The van der Waals surface area contributed by atoms with Gasteiger partial charge < -0.3 is 4.74 Å². The first-order valence-corrected chi connectivity index (χ1v) is 11.7. The van der Waals surface area contributed by atoms with E-state index in [9.17, 15) is 14.4 Å². The van der Waals surface area contributed by atoms with Gasteiger partial charge in [0.15, 0.2) is 0 Å². The molecule has 5 nitrogen and oxygen atoms in total. The van der Waals surface area contributed by atoms with Gasteiger partial charge in [-0.2, -0.15) is 0 Å². The minimum Gasteiger partial charge on any atom is -0.459 e. The van der Waals surface area contributed by atoms with Gasteiger partial charge in [-0.25, -0.2) is 9.69 Å². The molecule has 34 heavy (non-hydrogen) atoms. The van der Waals surface area contributed by atoms with Crippen molar-refractivity contribution in [1.82, 2.24) is 0 Å². The van der Waals surface area contributed by atoms with E-state index in [1.807, 2.05) is 24.3 Å². The molecule has 0 unspecified atom stereocenters. The predicted octanol–water partition coefficient (Wildman–Crippen LogP) is 4.82. The van der Waals surface area contributed by atoms with Crippen molar-refractivity contribution in [2.45, 2.75) is 38.2 Å². The van der Waals surface area contributed by atoms with E-state index in [2.05, 4.69) is 31.2 Å². The van der Waals surface area contributed by atoms with Crippen LogP contribution in [0.1, 0.15) is 59.3 Å². The first-order chi connectivity index (χ1) is 16.4. The van der Waals surface area contributed by atoms with Crippen LogP contribution in [0.3, 0.4) is 0 Å². The number of imide groups is 1. The number of rotatable bonds is 3. The third kappa shape index (κ3) is 2.52. The third-order valence-corrected chi connectivity index (χ3v) is 7.75. The van der Waals surface area contributed by atoms with Crippen molar-refractivity contribution in [3.8, 4) is 0 Å². The Hall–Kier alpha value is -3.73. The molecule has 3 aromatic carbocycles. The number of ether oxygens (including phenoxy) is 1. The van der Waals surface area contributed by atoms with E-state index < -0.39 is 23.2 Å². The zero-order valence-corrected chi connectivity index (χ0v) is 19.3. The Kier molecular flexibility index (Phi) is 4.37. The molecule has 0 N–H and O–H groups in total. The molecule has 0 saturated carbocycles. The van der Waals surface area contributed by atoms with Gasteiger partial charge in [0, 0.05) is 11.3 Å². The number of anilines is 1. The second-order valence-electron chi connectivity index (χ2n) is 9.84. The molecule has 0 spiro atoms. The maximum absolute atomic E-state index is 14.1. The molecule has 3 aliphatic carbocycles. The quantitative estimate of drug-likeness (QED) is 0.423. The van der Waals surface area contributed by atoms with Crippen molar-refractivity contribution in [1.29, 1.82) is 0 Å². The molecule has 0 radical (unpaired) electrons. The number of hydrogen-bond donors (Lipinski definition) is 0. The molecule has 2 atom stereocenters. The summed E-state index contributed by atoms with van der Waals surface area (Å²) in [6.07, 6.45) is -0.313. The van der Waals surface area contributed by atoms with E-state index in [4.69, 9.17) is 4.74 Å². The molecule has 2 amide bonds. The summed E-state index contributed by atoms with van der Waals surface area (Å²) in [6.45, 7) is 5.63. The van der Waals surface area contributed by atoms with Gasteiger partial charge in [0.2, 0.25) is 11.8 Å². The Morgan fingerprint density at radius 1 is 0.853 bits per heavy atom. The summed E-state index contributed by atoms with van der Waals surface area (Å²) in [5.74, 6) is -2.30. The van der Waals surface area contributed by atoms with Crippen molar-refractivity contribution < 1.29 is 19.1 Å². The fourth-order valence-corrected chi connectivity index (χ4v) is 6.51. The number of para-hydroxylation sites is 1. The molecule has 4 aliphatic rings. The zero-order valence-electron chi connectivity index (χ0n) is 19.3. The first kappa shape index (κ1) is 20.8. The van der Waals surface area contributed by atoms with Crippen LogP contribution in [0.25, 0.3) is 0 Å². The lowest BCUT2D eigenvalue weighted by molar-refractivity contribution is -0.123. The Balaban J connectivity index is 1.54. The van der Waals surface area contributed by atoms with Crippen molar-refractivity contribution >= 4 is 23.5 Å². The largest absolute Gasteiger partial charge is 0.459 e. The van der Waals surface area contributed by atoms with E-state index >= 15 is 0 Å². The molecule has 2 bridgehead atoms. The van der Waals surface area contributed by atoms with Gasteiger partial charge in [0.05, 0.1) is 29.2 Å². The van der Waals surface area contributed by atoms with Crippen LogP contribution in [-0.4, -0.2) is 23.9 Å². The lowest BCUT2D eigenvalue weighted by atomic mass is 9.48. The summed E-state index contributed by atoms with van der Waals surface area (Å²) in [5.41, 5.74) is 4.33. The number of benzene rings is 3. The highest BCUT2D eigenvalue weighted by molar-refractivity contribution is 6.25. The SMILES string of the molecule is CC(C)OC(=O)c1ccccc1N1C(=O)[C@H]2C3c4ccccc4C(C)(c4ccccc43)[C@H]2C1=O. The number of carbonyl (C=O) groups excluding carboxylic acids is 3. The van der Waals surface area contributed by atoms with Gasteiger partial charge in [0.1, 0.15) is 0 Å². The van der Waals surface area contributed by atoms with Gasteiger partial charge >= 0.3 is 5.97 Å². The molecule has 1 saturated heterocycles. The molecule has 1 fully saturated rings. The Morgan fingerprint density at radius 2 is 1.41 bits per heavy atom. The summed E-state index contributed by atoms with van der Waals surface area (Å²) in [4.78, 5) is 42.3. The van der Waals surface area contributed by atoms with Crippen molar-refractivity contribution in [3.05, 3.63) is 101 Å². The molecular formula is C29H25NO4. The number of amides is 2. The van der Waals surface area contributed by atoms with E-state index in [1.54, 1.807) is 38.1 Å². The van der Waals surface area contributed by atoms with Crippen LogP contribution in [0.15, 0.2) is 72.8 Å². The van der Waals surface area contributed by atoms with Crippen LogP contribution in [0, 0.1) is 11.8 Å². The molecule has 3 aromatic rings. The van der Waals surface area contributed by atoms with Crippen LogP contribution in [0.4, 0.5) is 5.69 Å². The fourth-order valence-electron chi connectivity index (χ4n) is 6.51. The van der Waals surface area contributed by atoms with Gasteiger partial charge in [-0.1, -0.05) is 67.6 Å². The maximum Gasteiger partial charge on any atom is 0.340 e. The number of nitrogens with zero attached hydrogens (tertiary/aromatic N) is 1.